The number of halogens is 2. The van der Waals surface area contributed by atoms with Crippen LogP contribution < -0.4 is 0 Å². The van der Waals surface area contributed by atoms with Crippen LogP contribution in [0.15, 0.2) is 82.0 Å². The topological polar surface area (TPSA) is 45.8 Å². The minimum atomic E-state index is -0.238. The van der Waals surface area contributed by atoms with Crippen molar-refractivity contribution in [3.63, 3.8) is 0 Å². The van der Waals surface area contributed by atoms with Gasteiger partial charge in [-0.25, -0.2) is 5.01 Å². The third-order valence-corrected chi connectivity index (χ3v) is 6.37. The summed E-state index contributed by atoms with van der Waals surface area (Å²) in [4.78, 5) is 13.3. The first kappa shape index (κ1) is 20.1. The van der Waals surface area contributed by atoms with Crippen molar-refractivity contribution in [2.75, 3.05) is 0 Å². The maximum atomic E-state index is 13.3. The van der Waals surface area contributed by atoms with E-state index < -0.39 is 0 Å². The molecule has 1 aromatic heterocycles. The van der Waals surface area contributed by atoms with Crippen LogP contribution >= 0.6 is 23.2 Å². The van der Waals surface area contributed by atoms with E-state index in [1.54, 1.807) is 17.1 Å². The van der Waals surface area contributed by atoms with E-state index in [-0.39, 0.29) is 23.6 Å². The zero-order chi connectivity index (χ0) is 21.4. The normalized spacial score (nSPS) is 21.8. The molecule has 0 N–H and O–H groups in total. The molecule has 2 aromatic carbocycles. The second-order valence-corrected chi connectivity index (χ2v) is 8.70. The second-order valence-electron chi connectivity index (χ2n) is 7.83. The fourth-order valence-electron chi connectivity index (χ4n) is 4.43. The van der Waals surface area contributed by atoms with Crippen LogP contribution in [0.3, 0.4) is 0 Å². The lowest BCUT2D eigenvalue weighted by Crippen LogP contribution is -2.31. The van der Waals surface area contributed by atoms with Crippen molar-refractivity contribution in [2.24, 2.45) is 11.0 Å². The van der Waals surface area contributed by atoms with Gasteiger partial charge in [0.2, 0.25) is 0 Å². The van der Waals surface area contributed by atoms with Gasteiger partial charge in [-0.15, -0.1) is 0 Å². The highest BCUT2D eigenvalue weighted by Gasteiger charge is 2.44. The van der Waals surface area contributed by atoms with Gasteiger partial charge in [0.05, 0.1) is 18.0 Å². The van der Waals surface area contributed by atoms with Gasteiger partial charge in [0.15, 0.2) is 5.76 Å². The molecule has 4 nitrogen and oxygen atoms in total. The standard InChI is InChI=1S/C25H20Cl2N2O2/c26-19-10-6-16(7-11-19)15-18-3-1-4-21-23(18)28-29(25(30)22-5-2-14-31-22)24(21)17-8-12-20(27)13-9-17/h2,5-15,21,24H,1,3-4H2/b18-15+/t21-,24-/m1/s1. The number of hydrogen-bond donors (Lipinski definition) is 0. The highest BCUT2D eigenvalue weighted by atomic mass is 35.5. The van der Waals surface area contributed by atoms with Gasteiger partial charge < -0.3 is 4.42 Å². The Balaban J connectivity index is 1.57. The predicted octanol–water partition coefficient (Wildman–Crippen LogP) is 7.02. The highest BCUT2D eigenvalue weighted by molar-refractivity contribution is 6.30. The van der Waals surface area contributed by atoms with Crippen LogP contribution in [0.4, 0.5) is 0 Å². The molecule has 2 atom stereocenters. The van der Waals surface area contributed by atoms with E-state index in [9.17, 15) is 4.79 Å². The Morgan fingerprint density at radius 3 is 2.42 bits per heavy atom. The number of furan rings is 1. The van der Waals surface area contributed by atoms with Crippen LogP contribution in [0.2, 0.25) is 10.0 Å². The van der Waals surface area contributed by atoms with Gasteiger partial charge in [-0.05, 0) is 78.4 Å². The van der Waals surface area contributed by atoms with Gasteiger partial charge in [-0.3, -0.25) is 4.79 Å². The Morgan fingerprint density at radius 2 is 1.74 bits per heavy atom. The van der Waals surface area contributed by atoms with Crippen molar-refractivity contribution in [1.29, 1.82) is 0 Å². The molecule has 1 aliphatic carbocycles. The van der Waals surface area contributed by atoms with E-state index in [0.29, 0.717) is 10.0 Å². The summed E-state index contributed by atoms with van der Waals surface area (Å²) in [5, 5.41) is 7.81. The number of carbonyl (C=O) groups excluding carboxylic acids is 1. The summed E-state index contributed by atoms with van der Waals surface area (Å²) in [6, 6.07) is 18.6. The molecule has 1 aliphatic heterocycles. The van der Waals surface area contributed by atoms with E-state index in [1.165, 1.54) is 6.26 Å². The number of hydrogen-bond acceptors (Lipinski definition) is 3. The number of hydrazone groups is 1. The number of amides is 1. The van der Waals surface area contributed by atoms with E-state index in [1.807, 2.05) is 48.5 Å². The van der Waals surface area contributed by atoms with Crippen LogP contribution in [0.25, 0.3) is 6.08 Å². The first-order valence-electron chi connectivity index (χ1n) is 10.3. The summed E-state index contributed by atoms with van der Waals surface area (Å²) in [5.41, 5.74) is 4.22. The minimum Gasteiger partial charge on any atom is -0.459 e. The summed E-state index contributed by atoms with van der Waals surface area (Å²) in [7, 11) is 0. The lowest BCUT2D eigenvalue weighted by molar-refractivity contribution is 0.0648. The number of benzene rings is 2. The molecule has 2 aliphatic rings. The Bertz CT molecular complexity index is 1150. The smallest absolute Gasteiger partial charge is 0.310 e. The molecule has 1 fully saturated rings. The van der Waals surface area contributed by atoms with Crippen LogP contribution in [0, 0.1) is 5.92 Å². The van der Waals surface area contributed by atoms with Gasteiger partial charge >= 0.3 is 5.91 Å². The molecule has 0 bridgehead atoms. The molecule has 156 valence electrons. The number of nitrogens with zero attached hydrogens (tertiary/aromatic N) is 2. The number of fused-ring (bicyclic) bond motifs is 1. The van der Waals surface area contributed by atoms with Gasteiger partial charge in [-0.1, -0.05) is 47.5 Å². The molecule has 1 amide bonds. The van der Waals surface area contributed by atoms with Gasteiger partial charge in [-0.2, -0.15) is 5.10 Å². The highest BCUT2D eigenvalue weighted by Crippen LogP contribution is 2.45. The van der Waals surface area contributed by atoms with Crippen molar-refractivity contribution in [3.8, 4) is 0 Å². The molecular formula is C25H20Cl2N2O2. The van der Waals surface area contributed by atoms with Crippen molar-refractivity contribution in [1.82, 2.24) is 5.01 Å². The Morgan fingerprint density at radius 1 is 1.03 bits per heavy atom. The maximum absolute atomic E-state index is 13.3. The molecule has 2 heterocycles. The van der Waals surface area contributed by atoms with Crippen LogP contribution in [0.5, 0.6) is 0 Å². The zero-order valence-electron chi connectivity index (χ0n) is 16.7. The average Bonchev–Trinajstić information content (AvgIpc) is 3.44. The quantitative estimate of drug-likeness (QED) is 0.430. The van der Waals surface area contributed by atoms with Crippen molar-refractivity contribution < 1.29 is 9.21 Å². The van der Waals surface area contributed by atoms with Gasteiger partial charge in [0, 0.05) is 16.0 Å². The van der Waals surface area contributed by atoms with Crippen LogP contribution in [-0.4, -0.2) is 16.6 Å². The van der Waals surface area contributed by atoms with Crippen molar-refractivity contribution in [3.05, 3.63) is 99.4 Å². The molecule has 0 saturated heterocycles. The summed E-state index contributed by atoms with van der Waals surface area (Å²) in [5.74, 6) is 0.162. The maximum Gasteiger partial charge on any atom is 0.310 e. The van der Waals surface area contributed by atoms with E-state index in [0.717, 1.165) is 41.7 Å². The van der Waals surface area contributed by atoms with E-state index >= 15 is 0 Å². The minimum absolute atomic E-state index is 0.118. The van der Waals surface area contributed by atoms with Gasteiger partial charge in [0.1, 0.15) is 0 Å². The first-order valence-corrected chi connectivity index (χ1v) is 11.0. The molecule has 0 unspecified atom stereocenters. The largest absolute Gasteiger partial charge is 0.459 e. The van der Waals surface area contributed by atoms with Crippen molar-refractivity contribution >= 4 is 40.9 Å². The summed E-state index contributed by atoms with van der Waals surface area (Å²) < 4.78 is 5.39. The monoisotopic (exact) mass is 450 g/mol. The van der Waals surface area contributed by atoms with E-state index in [2.05, 4.69) is 6.08 Å². The Hall–Kier alpha value is -2.82. The number of allylic oxidation sites excluding steroid dienone is 1. The lowest BCUT2D eigenvalue weighted by Gasteiger charge is -2.29. The van der Waals surface area contributed by atoms with Crippen LogP contribution in [-0.2, 0) is 0 Å². The molecule has 31 heavy (non-hydrogen) atoms. The SMILES string of the molecule is O=C(c1ccco1)N1N=C2/C(=C/c3ccc(Cl)cc3)CCC[C@H]2[C@H]1c1ccc(Cl)cc1. The zero-order valence-corrected chi connectivity index (χ0v) is 18.2. The average molecular weight is 451 g/mol. The Labute approximate surface area is 190 Å². The second kappa shape index (κ2) is 8.37. The van der Waals surface area contributed by atoms with Crippen molar-refractivity contribution in [2.45, 2.75) is 25.3 Å². The fraction of sp³-hybridized carbons (Fsp3) is 0.200. The number of carbonyl (C=O) groups is 1. The third-order valence-electron chi connectivity index (χ3n) is 5.86. The fourth-order valence-corrected chi connectivity index (χ4v) is 4.69. The predicted molar refractivity (Wildman–Crippen MR) is 123 cm³/mol. The third kappa shape index (κ3) is 3.93. The lowest BCUT2D eigenvalue weighted by atomic mass is 9.77. The molecule has 6 heteroatoms. The van der Waals surface area contributed by atoms with E-state index in [4.69, 9.17) is 32.7 Å². The summed E-state index contributed by atoms with van der Waals surface area (Å²) in [6.45, 7) is 0. The molecular weight excluding hydrogens is 431 g/mol. The molecule has 1 saturated carbocycles. The molecule has 0 spiro atoms. The van der Waals surface area contributed by atoms with Gasteiger partial charge in [0.25, 0.3) is 0 Å². The Kier molecular flexibility index (Phi) is 5.43. The molecule has 3 aromatic rings. The van der Waals surface area contributed by atoms with Crippen LogP contribution in [0.1, 0.15) is 47.0 Å². The summed E-state index contributed by atoms with van der Waals surface area (Å²) in [6.07, 6.45) is 6.59. The first-order chi connectivity index (χ1) is 15.1. The number of rotatable bonds is 3. The summed E-state index contributed by atoms with van der Waals surface area (Å²) >= 11 is 12.2. The molecule has 0 radical (unpaired) electrons. The molecule has 5 rings (SSSR count).